The Balaban J connectivity index is 1.81. The van der Waals surface area contributed by atoms with E-state index in [1.165, 1.54) is 6.20 Å². The van der Waals surface area contributed by atoms with Gasteiger partial charge >= 0.3 is 6.09 Å². The molecule has 0 radical (unpaired) electrons. The number of alkyl halides is 2. The predicted molar refractivity (Wildman–Crippen MR) is 96.9 cm³/mol. The summed E-state index contributed by atoms with van der Waals surface area (Å²) in [4.78, 5) is 29.3. The number of anilines is 1. The molecule has 9 heteroatoms. The maximum Gasteiger partial charge on any atom is 0.410 e. The average molecular weight is 391 g/mol. The van der Waals surface area contributed by atoms with Gasteiger partial charge in [-0.3, -0.25) is 10.1 Å². The molecule has 7 nitrogen and oxygen atoms in total. The summed E-state index contributed by atoms with van der Waals surface area (Å²) in [7, 11) is 0. The molecular formula is C19H19F2N3O4. The van der Waals surface area contributed by atoms with Crippen molar-refractivity contribution in [1.82, 2.24) is 9.88 Å². The number of carbonyl (C=O) groups is 2. The molecule has 28 heavy (non-hydrogen) atoms. The number of nitrogens with one attached hydrogen (secondary N) is 1. The molecule has 0 fully saturated rings. The highest BCUT2D eigenvalue weighted by atomic mass is 19.3. The zero-order chi connectivity index (χ0) is 20.4. The fourth-order valence-corrected chi connectivity index (χ4v) is 3.20. The number of amides is 2. The van der Waals surface area contributed by atoms with Gasteiger partial charge in [0.15, 0.2) is 0 Å². The van der Waals surface area contributed by atoms with Crippen LogP contribution in [0.3, 0.4) is 0 Å². The number of pyridine rings is 1. The van der Waals surface area contributed by atoms with Gasteiger partial charge in [-0.2, -0.15) is 0 Å². The van der Waals surface area contributed by atoms with E-state index < -0.39 is 19.1 Å². The summed E-state index contributed by atoms with van der Waals surface area (Å²) >= 11 is 0. The fraction of sp³-hybridized carbons (Fsp3) is 0.316. The van der Waals surface area contributed by atoms with Crippen molar-refractivity contribution in [2.75, 3.05) is 11.9 Å². The smallest absolute Gasteiger partial charge is 0.410 e. The number of halogens is 2. The predicted octanol–water partition coefficient (Wildman–Crippen LogP) is 3.84. The van der Waals surface area contributed by atoms with Crippen LogP contribution < -0.4 is 10.1 Å². The first-order valence-corrected chi connectivity index (χ1v) is 8.58. The molecule has 148 valence electrons. The van der Waals surface area contributed by atoms with Gasteiger partial charge in [-0.15, -0.1) is 0 Å². The van der Waals surface area contributed by atoms with E-state index in [-0.39, 0.29) is 24.3 Å². The monoisotopic (exact) mass is 391 g/mol. The standard InChI is InChI=1S/C19H19F2N3O4/c1-10-7-12(3-4-15(10)28-9-16(20)21)11(2)24-8-14-13(18(24)25)5-6-22-17(14)23-19(26)27/h3-7,11,16H,8-9H2,1-2H3,(H,22,23)(H,26,27). The summed E-state index contributed by atoms with van der Waals surface area (Å²) in [5.74, 6) is 0.276. The van der Waals surface area contributed by atoms with Crippen molar-refractivity contribution < 1.29 is 28.2 Å². The van der Waals surface area contributed by atoms with Gasteiger partial charge in [0, 0.05) is 17.3 Å². The Bertz CT molecular complexity index is 920. The average Bonchev–Trinajstić information content (AvgIpc) is 2.97. The van der Waals surface area contributed by atoms with Gasteiger partial charge in [0.1, 0.15) is 18.2 Å². The van der Waals surface area contributed by atoms with Crippen LogP contribution in [0.2, 0.25) is 0 Å². The Morgan fingerprint density at radius 2 is 2.14 bits per heavy atom. The molecule has 1 aromatic heterocycles. The largest absolute Gasteiger partial charge is 0.487 e. The molecule has 0 saturated carbocycles. The van der Waals surface area contributed by atoms with Crippen molar-refractivity contribution in [3.63, 3.8) is 0 Å². The number of hydrogen-bond donors (Lipinski definition) is 2. The van der Waals surface area contributed by atoms with Gasteiger partial charge in [-0.25, -0.2) is 18.6 Å². The topological polar surface area (TPSA) is 91.8 Å². The zero-order valence-electron chi connectivity index (χ0n) is 15.3. The van der Waals surface area contributed by atoms with Gasteiger partial charge in [0.25, 0.3) is 12.3 Å². The molecule has 2 heterocycles. The summed E-state index contributed by atoms with van der Waals surface area (Å²) in [5, 5.41) is 11.2. The molecule has 0 bridgehead atoms. The molecule has 3 rings (SSSR count). The van der Waals surface area contributed by atoms with Crippen molar-refractivity contribution in [2.24, 2.45) is 0 Å². The van der Waals surface area contributed by atoms with E-state index in [2.05, 4.69) is 10.3 Å². The van der Waals surface area contributed by atoms with E-state index in [9.17, 15) is 18.4 Å². The van der Waals surface area contributed by atoms with Crippen LogP contribution in [-0.2, 0) is 6.54 Å². The third kappa shape index (κ3) is 3.88. The molecule has 0 saturated heterocycles. The second-order valence-corrected chi connectivity index (χ2v) is 6.45. The summed E-state index contributed by atoms with van der Waals surface area (Å²) in [6.45, 7) is 3.12. The van der Waals surface area contributed by atoms with Gasteiger partial charge < -0.3 is 14.7 Å². The first-order chi connectivity index (χ1) is 13.3. The van der Waals surface area contributed by atoms with Crippen LogP contribution in [-0.4, -0.2) is 40.0 Å². The lowest BCUT2D eigenvalue weighted by Crippen LogP contribution is -2.27. The quantitative estimate of drug-likeness (QED) is 0.781. The third-order valence-corrected chi connectivity index (χ3v) is 4.61. The molecule has 1 aliphatic rings. The first kappa shape index (κ1) is 19.5. The maximum atomic E-state index is 12.8. The highest BCUT2D eigenvalue weighted by Gasteiger charge is 2.34. The second kappa shape index (κ2) is 7.79. The Kier molecular flexibility index (Phi) is 5.43. The Labute approximate surface area is 159 Å². The number of ether oxygens (including phenoxy) is 1. The van der Waals surface area contributed by atoms with Crippen LogP contribution >= 0.6 is 0 Å². The third-order valence-electron chi connectivity index (χ3n) is 4.61. The van der Waals surface area contributed by atoms with Crippen molar-refractivity contribution >= 4 is 17.8 Å². The van der Waals surface area contributed by atoms with E-state index in [1.54, 1.807) is 36.1 Å². The van der Waals surface area contributed by atoms with E-state index in [1.807, 2.05) is 6.92 Å². The van der Waals surface area contributed by atoms with Crippen molar-refractivity contribution in [3.05, 3.63) is 52.7 Å². The van der Waals surface area contributed by atoms with Gasteiger partial charge in [0.2, 0.25) is 0 Å². The molecule has 2 amide bonds. The van der Waals surface area contributed by atoms with Gasteiger partial charge in [0.05, 0.1) is 12.6 Å². The van der Waals surface area contributed by atoms with Crippen LogP contribution in [0.5, 0.6) is 5.75 Å². The highest BCUT2D eigenvalue weighted by molar-refractivity contribution is 6.00. The summed E-state index contributed by atoms with van der Waals surface area (Å²) in [6.07, 6.45) is -2.43. The lowest BCUT2D eigenvalue weighted by molar-refractivity contribution is 0.0714. The molecule has 0 spiro atoms. The number of nitrogens with zero attached hydrogens (tertiary/aromatic N) is 2. The number of carboxylic acid groups (broad SMARTS) is 1. The number of carbonyl (C=O) groups excluding carboxylic acids is 1. The molecular weight excluding hydrogens is 372 g/mol. The second-order valence-electron chi connectivity index (χ2n) is 6.45. The number of rotatable bonds is 6. The Hall–Kier alpha value is -3.23. The number of aromatic nitrogens is 1. The lowest BCUT2D eigenvalue weighted by Gasteiger charge is -2.25. The fourth-order valence-electron chi connectivity index (χ4n) is 3.20. The minimum absolute atomic E-state index is 0.139. The molecule has 1 unspecified atom stereocenters. The maximum absolute atomic E-state index is 12.8. The van der Waals surface area contributed by atoms with Gasteiger partial charge in [-0.05, 0) is 37.1 Å². The number of aryl methyl sites for hydroxylation is 1. The van der Waals surface area contributed by atoms with Crippen LogP contribution in [0.1, 0.15) is 40.0 Å². The molecule has 1 atom stereocenters. The minimum Gasteiger partial charge on any atom is -0.487 e. The zero-order valence-corrected chi connectivity index (χ0v) is 15.3. The Morgan fingerprint density at radius 3 is 2.79 bits per heavy atom. The first-order valence-electron chi connectivity index (χ1n) is 8.58. The molecule has 0 aliphatic carbocycles. The Morgan fingerprint density at radius 1 is 1.39 bits per heavy atom. The summed E-state index contributed by atoms with van der Waals surface area (Å²) < 4.78 is 29.7. The van der Waals surface area contributed by atoms with Crippen molar-refractivity contribution in [2.45, 2.75) is 32.9 Å². The van der Waals surface area contributed by atoms with Gasteiger partial charge in [-0.1, -0.05) is 12.1 Å². The van der Waals surface area contributed by atoms with E-state index >= 15 is 0 Å². The lowest BCUT2D eigenvalue weighted by atomic mass is 10.0. The minimum atomic E-state index is -2.55. The van der Waals surface area contributed by atoms with E-state index in [0.717, 1.165) is 5.56 Å². The molecule has 1 aliphatic heterocycles. The van der Waals surface area contributed by atoms with Crippen LogP contribution in [0.4, 0.5) is 19.4 Å². The molecule has 2 aromatic rings. The number of hydrogen-bond acceptors (Lipinski definition) is 4. The number of fused-ring (bicyclic) bond motifs is 1. The van der Waals surface area contributed by atoms with Crippen LogP contribution in [0.15, 0.2) is 30.5 Å². The van der Waals surface area contributed by atoms with E-state index in [0.29, 0.717) is 22.4 Å². The van der Waals surface area contributed by atoms with Crippen molar-refractivity contribution in [1.29, 1.82) is 0 Å². The summed E-state index contributed by atoms with van der Waals surface area (Å²) in [6, 6.07) is 6.36. The number of benzene rings is 1. The van der Waals surface area contributed by atoms with Crippen molar-refractivity contribution in [3.8, 4) is 5.75 Å². The highest BCUT2D eigenvalue weighted by Crippen LogP contribution is 2.35. The summed E-state index contributed by atoms with van der Waals surface area (Å²) in [5.41, 5.74) is 2.42. The molecule has 1 aromatic carbocycles. The van der Waals surface area contributed by atoms with E-state index in [4.69, 9.17) is 9.84 Å². The molecule has 2 N–H and O–H groups in total. The van der Waals surface area contributed by atoms with Crippen LogP contribution in [0, 0.1) is 6.92 Å². The normalized spacial score (nSPS) is 14.2. The van der Waals surface area contributed by atoms with Crippen LogP contribution in [0.25, 0.3) is 0 Å². The SMILES string of the molecule is Cc1cc(C(C)N2Cc3c(ccnc3NC(=O)O)C2=O)ccc1OCC(F)F.